The van der Waals surface area contributed by atoms with E-state index in [4.69, 9.17) is 9.47 Å². The zero-order chi connectivity index (χ0) is 50.4. The lowest BCUT2D eigenvalue weighted by molar-refractivity contribution is -0.303. The van der Waals surface area contributed by atoms with Gasteiger partial charge in [-0.25, -0.2) is 0 Å². The topological polar surface area (TPSA) is 189 Å². The summed E-state index contributed by atoms with van der Waals surface area (Å²) in [5.41, 5.74) is 0. The van der Waals surface area contributed by atoms with Crippen LogP contribution in [0.3, 0.4) is 0 Å². The lowest BCUT2D eigenvalue weighted by atomic mass is 9.98. The first kappa shape index (κ1) is 65.6. The average molecular weight is 983 g/mol. The molecule has 9 unspecified atom stereocenters. The SMILES string of the molecule is CCCCCCCCCC/C=C\CCCCCCCCC(O)C(=O)NC(COC1OC(CO)C(O)C(O)C1O)C(O)C(O)CCC/C=C/CCCCCCCCCCCCCCCCCCCCC. The summed E-state index contributed by atoms with van der Waals surface area (Å²) in [6.07, 6.45) is 45.2. The number of amides is 1. The van der Waals surface area contributed by atoms with Gasteiger partial charge in [0.25, 0.3) is 0 Å². The van der Waals surface area contributed by atoms with Crippen molar-refractivity contribution in [2.24, 2.45) is 0 Å². The Kier molecular flexibility index (Phi) is 45.2. The third-order valence-corrected chi connectivity index (χ3v) is 14.2. The molecule has 8 N–H and O–H groups in total. The van der Waals surface area contributed by atoms with E-state index in [1.807, 2.05) is 0 Å². The van der Waals surface area contributed by atoms with Crippen LogP contribution in [0, 0.1) is 0 Å². The van der Waals surface area contributed by atoms with E-state index in [9.17, 15) is 40.5 Å². The van der Waals surface area contributed by atoms with Crippen molar-refractivity contribution in [1.82, 2.24) is 5.32 Å². The van der Waals surface area contributed by atoms with Crippen LogP contribution in [0.25, 0.3) is 0 Å². The van der Waals surface area contributed by atoms with Crippen LogP contribution < -0.4 is 5.32 Å². The van der Waals surface area contributed by atoms with E-state index >= 15 is 0 Å². The van der Waals surface area contributed by atoms with Crippen molar-refractivity contribution in [3.8, 4) is 0 Å². The predicted molar refractivity (Wildman–Crippen MR) is 284 cm³/mol. The van der Waals surface area contributed by atoms with E-state index in [1.54, 1.807) is 0 Å². The molecule has 1 aliphatic heterocycles. The first-order valence-corrected chi connectivity index (χ1v) is 29.2. The Balaban J connectivity index is 2.33. The number of unbranched alkanes of at least 4 members (excludes halogenated alkanes) is 34. The van der Waals surface area contributed by atoms with E-state index in [1.165, 1.54) is 173 Å². The molecule has 1 heterocycles. The van der Waals surface area contributed by atoms with Crippen molar-refractivity contribution in [2.45, 2.75) is 326 Å². The van der Waals surface area contributed by atoms with Crippen molar-refractivity contribution >= 4 is 5.91 Å². The molecule has 11 nitrogen and oxygen atoms in total. The minimum atomic E-state index is -1.67. The number of allylic oxidation sites excluding steroid dienone is 4. The van der Waals surface area contributed by atoms with Crippen LogP contribution in [0.1, 0.15) is 271 Å². The molecular formula is C58H111NO10. The summed E-state index contributed by atoms with van der Waals surface area (Å²) in [6.45, 7) is 3.46. The molecule has 1 fully saturated rings. The number of rotatable bonds is 50. The van der Waals surface area contributed by atoms with Crippen LogP contribution in [0.5, 0.6) is 0 Å². The van der Waals surface area contributed by atoms with Crippen molar-refractivity contribution in [3.05, 3.63) is 24.3 Å². The van der Waals surface area contributed by atoms with Gasteiger partial charge >= 0.3 is 0 Å². The van der Waals surface area contributed by atoms with Gasteiger partial charge < -0.3 is 50.5 Å². The fourth-order valence-corrected chi connectivity index (χ4v) is 9.44. The summed E-state index contributed by atoms with van der Waals surface area (Å²) in [4.78, 5) is 13.2. The van der Waals surface area contributed by atoms with Crippen LogP contribution in [0.2, 0.25) is 0 Å². The normalized spacial score (nSPS) is 20.5. The number of aliphatic hydroxyl groups excluding tert-OH is 7. The third-order valence-electron chi connectivity index (χ3n) is 14.2. The Hall–Kier alpha value is -1.41. The lowest BCUT2D eigenvalue weighted by Crippen LogP contribution is -2.60. The largest absolute Gasteiger partial charge is 0.394 e. The molecule has 1 amide bonds. The second-order valence-corrected chi connectivity index (χ2v) is 20.7. The molecule has 1 rings (SSSR count). The molecule has 69 heavy (non-hydrogen) atoms. The zero-order valence-corrected chi connectivity index (χ0v) is 44.6. The van der Waals surface area contributed by atoms with Gasteiger partial charge in [0.2, 0.25) is 5.91 Å². The van der Waals surface area contributed by atoms with Crippen molar-refractivity contribution < 1.29 is 50.0 Å². The molecule has 1 aliphatic rings. The molecule has 408 valence electrons. The second-order valence-electron chi connectivity index (χ2n) is 20.7. The van der Waals surface area contributed by atoms with E-state index in [0.29, 0.717) is 12.8 Å². The van der Waals surface area contributed by atoms with Crippen LogP contribution in [0.4, 0.5) is 0 Å². The first-order chi connectivity index (χ1) is 33.7. The Morgan fingerprint density at radius 1 is 0.493 bits per heavy atom. The highest BCUT2D eigenvalue weighted by molar-refractivity contribution is 5.80. The van der Waals surface area contributed by atoms with Crippen LogP contribution in [-0.2, 0) is 14.3 Å². The minimum Gasteiger partial charge on any atom is -0.394 e. The van der Waals surface area contributed by atoms with Crippen LogP contribution in [0.15, 0.2) is 24.3 Å². The van der Waals surface area contributed by atoms with Gasteiger partial charge in [0.15, 0.2) is 6.29 Å². The number of carbonyl (C=O) groups is 1. The number of hydrogen-bond acceptors (Lipinski definition) is 10. The molecule has 11 heteroatoms. The Morgan fingerprint density at radius 2 is 0.855 bits per heavy atom. The summed E-state index contributed by atoms with van der Waals surface area (Å²) < 4.78 is 11.1. The molecule has 0 aromatic carbocycles. The molecule has 1 saturated heterocycles. The van der Waals surface area contributed by atoms with Gasteiger partial charge in [0.1, 0.15) is 36.6 Å². The number of carbonyl (C=O) groups excluding carboxylic acids is 1. The Morgan fingerprint density at radius 3 is 1.25 bits per heavy atom. The second kappa shape index (κ2) is 47.6. The van der Waals surface area contributed by atoms with Gasteiger partial charge in [0.05, 0.1) is 25.4 Å². The van der Waals surface area contributed by atoms with Gasteiger partial charge in [-0.3, -0.25) is 4.79 Å². The van der Waals surface area contributed by atoms with Gasteiger partial charge in [-0.05, 0) is 64.2 Å². The fourth-order valence-electron chi connectivity index (χ4n) is 9.44. The highest BCUT2D eigenvalue weighted by Crippen LogP contribution is 2.23. The van der Waals surface area contributed by atoms with Gasteiger partial charge in [-0.1, -0.05) is 231 Å². The maximum Gasteiger partial charge on any atom is 0.249 e. The van der Waals surface area contributed by atoms with Gasteiger partial charge in [0, 0.05) is 0 Å². The molecule has 0 aromatic rings. The number of aliphatic hydroxyl groups is 7. The van der Waals surface area contributed by atoms with Crippen LogP contribution in [-0.4, -0.2) is 110 Å². The molecule has 0 spiro atoms. The van der Waals surface area contributed by atoms with Crippen molar-refractivity contribution in [1.29, 1.82) is 0 Å². The third kappa shape index (κ3) is 36.2. The van der Waals surface area contributed by atoms with E-state index < -0.39 is 74.2 Å². The predicted octanol–water partition coefficient (Wildman–Crippen LogP) is 12.1. The summed E-state index contributed by atoms with van der Waals surface area (Å²) in [5, 5.41) is 76.1. The van der Waals surface area contributed by atoms with Gasteiger partial charge in [-0.15, -0.1) is 0 Å². The molecule has 9 atom stereocenters. The van der Waals surface area contributed by atoms with Crippen molar-refractivity contribution in [2.75, 3.05) is 13.2 Å². The summed E-state index contributed by atoms with van der Waals surface area (Å²) in [5.74, 6) is -0.708. The molecular weight excluding hydrogens is 871 g/mol. The molecule has 0 radical (unpaired) electrons. The monoisotopic (exact) mass is 982 g/mol. The smallest absolute Gasteiger partial charge is 0.249 e. The molecule has 0 aliphatic carbocycles. The number of hydrogen-bond donors (Lipinski definition) is 8. The minimum absolute atomic E-state index is 0.248. The quantitative estimate of drug-likeness (QED) is 0.0215. The fraction of sp³-hybridized carbons (Fsp3) is 0.914. The first-order valence-electron chi connectivity index (χ1n) is 29.2. The summed E-state index contributed by atoms with van der Waals surface area (Å²) >= 11 is 0. The van der Waals surface area contributed by atoms with Gasteiger partial charge in [-0.2, -0.15) is 0 Å². The summed E-state index contributed by atoms with van der Waals surface area (Å²) in [6, 6.07) is -1.19. The van der Waals surface area contributed by atoms with Crippen LogP contribution >= 0.6 is 0 Å². The average Bonchev–Trinajstić information content (AvgIpc) is 3.35. The zero-order valence-electron chi connectivity index (χ0n) is 44.6. The summed E-state index contributed by atoms with van der Waals surface area (Å²) in [7, 11) is 0. The number of ether oxygens (including phenoxy) is 2. The lowest BCUT2D eigenvalue weighted by Gasteiger charge is -2.40. The molecule has 0 saturated carbocycles. The Bertz CT molecular complexity index is 1170. The molecule has 0 aromatic heterocycles. The van der Waals surface area contributed by atoms with E-state index in [0.717, 1.165) is 57.8 Å². The maximum absolute atomic E-state index is 13.2. The number of nitrogens with one attached hydrogen (secondary N) is 1. The molecule has 0 bridgehead atoms. The van der Waals surface area contributed by atoms with E-state index in [2.05, 4.69) is 43.5 Å². The van der Waals surface area contributed by atoms with Crippen molar-refractivity contribution in [3.63, 3.8) is 0 Å². The van der Waals surface area contributed by atoms with E-state index in [-0.39, 0.29) is 12.8 Å². The maximum atomic E-state index is 13.2. The highest BCUT2D eigenvalue weighted by Gasteiger charge is 2.44. The highest BCUT2D eigenvalue weighted by atomic mass is 16.7. The standard InChI is InChI=1S/C58H111NO10/c1-3-5-7-9-11-13-15-17-19-21-23-24-25-26-27-28-30-31-33-35-37-39-41-43-45-50(61)53(63)49(48-68-58-56(66)55(65)54(64)52(47-60)69-58)59-57(67)51(62)46-44-42-40-38-36-34-32-29-22-20-18-16-14-12-10-8-6-4-2/h22,29,37,39,49-56,58,60-66H,3-21,23-28,30-36,38,40-48H2,1-2H3,(H,59,67)/b29-22-,39-37+. The Labute approximate surface area is 423 Å².